The number of hydrogen-bond acceptors (Lipinski definition) is 4. The van der Waals surface area contributed by atoms with Gasteiger partial charge in [-0.05, 0) is 53.5 Å². The van der Waals surface area contributed by atoms with E-state index in [9.17, 15) is 13.6 Å². The van der Waals surface area contributed by atoms with Crippen LogP contribution in [0.1, 0.15) is 24.3 Å². The smallest absolute Gasteiger partial charge is 0.226 e. The Labute approximate surface area is 161 Å². The number of nitrogens with two attached hydrogens (primary N) is 1. The Morgan fingerprint density at radius 1 is 1.27 bits per heavy atom. The summed E-state index contributed by atoms with van der Waals surface area (Å²) < 4.78 is 28.2. The number of rotatable bonds is 3. The van der Waals surface area contributed by atoms with E-state index < -0.39 is 11.6 Å². The van der Waals surface area contributed by atoms with Gasteiger partial charge in [-0.15, -0.1) is 0 Å². The quantitative estimate of drug-likeness (QED) is 0.773. The molecule has 26 heavy (non-hydrogen) atoms. The molecule has 3 unspecified atom stereocenters. The molecule has 7 heteroatoms. The molecule has 0 spiro atoms. The molecule has 2 fully saturated rings. The maximum atomic E-state index is 14.1. The van der Waals surface area contributed by atoms with E-state index in [4.69, 9.17) is 5.73 Å². The fourth-order valence-electron chi connectivity index (χ4n) is 3.59. The number of carbonyl (C=O) groups excluding carboxylic acids is 1. The van der Waals surface area contributed by atoms with Crippen molar-refractivity contribution in [2.75, 3.05) is 19.3 Å². The van der Waals surface area contributed by atoms with Gasteiger partial charge in [-0.1, -0.05) is 6.07 Å². The van der Waals surface area contributed by atoms with Gasteiger partial charge in [-0.2, -0.15) is 24.0 Å². The lowest BCUT2D eigenvalue weighted by atomic mass is 9.99. The van der Waals surface area contributed by atoms with Crippen LogP contribution >= 0.6 is 24.0 Å². The first kappa shape index (κ1) is 19.3. The third-order valence-corrected chi connectivity index (χ3v) is 5.73. The number of nitrogens with zero attached hydrogens (tertiary/aromatic N) is 1. The molecule has 3 nitrogen and oxygen atoms in total. The summed E-state index contributed by atoms with van der Waals surface area (Å²) in [7, 11) is 0. The Morgan fingerprint density at radius 3 is 2.58 bits per heavy atom. The van der Waals surface area contributed by atoms with Gasteiger partial charge in [0.25, 0.3) is 0 Å². The summed E-state index contributed by atoms with van der Waals surface area (Å²) in [5.41, 5.74) is 7.34. The molecule has 0 radical (unpaired) electrons. The van der Waals surface area contributed by atoms with Gasteiger partial charge in [0.15, 0.2) is 0 Å². The van der Waals surface area contributed by atoms with Crippen molar-refractivity contribution >= 4 is 29.9 Å². The van der Waals surface area contributed by atoms with E-state index in [1.807, 2.05) is 10.3 Å². The first-order valence-corrected chi connectivity index (χ1v) is 10.4. The summed E-state index contributed by atoms with van der Waals surface area (Å²) in [5.74, 6) is -1.04. The Hall–Kier alpha value is -1.44. The van der Waals surface area contributed by atoms with Gasteiger partial charge in [0.2, 0.25) is 5.91 Å². The number of carbonyl (C=O) groups is 1. The monoisotopic (exact) mass is 396 g/mol. The lowest BCUT2D eigenvalue weighted by molar-refractivity contribution is -0.131. The number of benzene rings is 1. The number of halogens is 2. The number of likely N-dealkylation sites (tertiary alicyclic amines) is 1. The predicted octanol–water partition coefficient (Wildman–Crippen LogP) is 3.90. The van der Waals surface area contributed by atoms with E-state index in [0.717, 1.165) is 18.4 Å². The molecule has 3 atom stereocenters. The molecule has 4 rings (SSSR count). The fraction of sp³-hybridized carbons (Fsp3) is 0.421. The van der Waals surface area contributed by atoms with Crippen molar-refractivity contribution in [3.63, 3.8) is 0 Å². The van der Waals surface area contributed by atoms with Crippen LogP contribution in [0, 0.1) is 17.6 Å². The van der Waals surface area contributed by atoms with Crippen LogP contribution < -0.4 is 5.73 Å². The van der Waals surface area contributed by atoms with Crippen LogP contribution in [-0.4, -0.2) is 36.2 Å². The molecule has 1 amide bonds. The topological polar surface area (TPSA) is 46.3 Å². The normalized spacial score (nSPS) is 24.2. The third kappa shape index (κ3) is 3.66. The molecule has 1 aliphatic heterocycles. The molecule has 0 bridgehead atoms. The summed E-state index contributed by atoms with van der Waals surface area (Å²) in [6.45, 7) is 1.32. The van der Waals surface area contributed by atoms with E-state index in [2.05, 4.69) is 12.6 Å². The van der Waals surface area contributed by atoms with Gasteiger partial charge in [0.05, 0.1) is 5.56 Å². The van der Waals surface area contributed by atoms with Crippen molar-refractivity contribution in [3.8, 4) is 11.1 Å². The Balaban J connectivity index is 0.000000948. The average Bonchev–Trinajstić information content (AvgIpc) is 3.06. The van der Waals surface area contributed by atoms with Crippen molar-refractivity contribution < 1.29 is 13.6 Å². The summed E-state index contributed by atoms with van der Waals surface area (Å²) in [4.78, 5) is 14.4. The van der Waals surface area contributed by atoms with Crippen molar-refractivity contribution in [1.29, 1.82) is 0 Å². The second kappa shape index (κ2) is 8.06. The lowest BCUT2D eigenvalue weighted by Gasteiger charge is -2.15. The number of hydrogen-bond donors (Lipinski definition) is 2. The lowest BCUT2D eigenvalue weighted by Crippen LogP contribution is -2.33. The van der Waals surface area contributed by atoms with Crippen LogP contribution in [0.2, 0.25) is 0 Å². The summed E-state index contributed by atoms with van der Waals surface area (Å²) in [6, 6.07) is 3.96. The molecular weight excluding hydrogens is 374 g/mol. The molecule has 1 aromatic carbocycles. The second-order valence-electron chi connectivity index (χ2n) is 6.62. The van der Waals surface area contributed by atoms with Gasteiger partial charge < -0.3 is 10.6 Å². The zero-order chi connectivity index (χ0) is 18.8. The fourth-order valence-corrected chi connectivity index (χ4v) is 4.49. The first-order valence-electron chi connectivity index (χ1n) is 8.56. The molecule has 2 heterocycles. The Morgan fingerprint density at radius 2 is 1.96 bits per heavy atom. The molecule has 1 saturated carbocycles. The molecule has 2 N–H and O–H groups in total. The molecule has 1 aliphatic carbocycles. The molecule has 1 saturated heterocycles. The maximum absolute atomic E-state index is 14.1. The minimum absolute atomic E-state index is 0.00930. The molecular formula is C19H22F2N2OS2. The zero-order valence-corrected chi connectivity index (χ0v) is 16.2. The van der Waals surface area contributed by atoms with Gasteiger partial charge >= 0.3 is 0 Å². The Bertz CT molecular complexity index is 775. The van der Waals surface area contributed by atoms with Gasteiger partial charge in [0, 0.05) is 30.6 Å². The minimum Gasteiger partial charge on any atom is -0.341 e. The van der Waals surface area contributed by atoms with Crippen LogP contribution in [0.5, 0.6) is 0 Å². The summed E-state index contributed by atoms with van der Waals surface area (Å²) in [5, 5.41) is 3.68. The van der Waals surface area contributed by atoms with E-state index in [1.54, 1.807) is 11.6 Å². The molecule has 1 aromatic heterocycles. The highest BCUT2D eigenvalue weighted by atomic mass is 32.1. The first-order chi connectivity index (χ1) is 12.6. The number of amides is 1. The Kier molecular flexibility index (Phi) is 5.99. The SMILES string of the molecule is CS.NC1CCN(C(=O)C2CC2c2cscc2-c2c(F)cccc2F)C1. The molecule has 2 aliphatic rings. The van der Waals surface area contributed by atoms with Crippen molar-refractivity contribution in [2.24, 2.45) is 11.7 Å². The van der Waals surface area contributed by atoms with Crippen LogP contribution in [-0.2, 0) is 4.79 Å². The van der Waals surface area contributed by atoms with Gasteiger partial charge in [-0.3, -0.25) is 4.79 Å². The van der Waals surface area contributed by atoms with E-state index in [-0.39, 0.29) is 29.3 Å². The molecule has 2 aromatic rings. The van der Waals surface area contributed by atoms with Crippen molar-refractivity contribution in [1.82, 2.24) is 4.90 Å². The standard InChI is InChI=1S/C18H18F2N2OS.CH4S/c19-15-2-1-3-16(20)17(15)14-9-24-8-13(14)11-6-12(11)18(23)22-5-4-10(21)7-22;1-2/h1-3,8-12H,4-7,21H2;2H,1H3. The highest BCUT2D eigenvalue weighted by molar-refractivity contribution is 7.79. The molecule has 140 valence electrons. The zero-order valence-electron chi connectivity index (χ0n) is 14.5. The van der Waals surface area contributed by atoms with Crippen LogP contribution in [0.15, 0.2) is 29.0 Å². The van der Waals surface area contributed by atoms with Gasteiger partial charge in [-0.25, -0.2) is 8.78 Å². The van der Waals surface area contributed by atoms with E-state index in [0.29, 0.717) is 18.7 Å². The van der Waals surface area contributed by atoms with Crippen LogP contribution in [0.3, 0.4) is 0 Å². The van der Waals surface area contributed by atoms with Crippen molar-refractivity contribution in [3.05, 3.63) is 46.2 Å². The highest BCUT2D eigenvalue weighted by Crippen LogP contribution is 2.52. The maximum Gasteiger partial charge on any atom is 0.226 e. The third-order valence-electron chi connectivity index (χ3n) is 4.97. The minimum atomic E-state index is -0.566. The summed E-state index contributed by atoms with van der Waals surface area (Å²) in [6.07, 6.45) is 3.28. The van der Waals surface area contributed by atoms with Crippen LogP contribution in [0.25, 0.3) is 11.1 Å². The predicted molar refractivity (Wildman–Crippen MR) is 105 cm³/mol. The van der Waals surface area contributed by atoms with Crippen molar-refractivity contribution in [2.45, 2.75) is 24.8 Å². The largest absolute Gasteiger partial charge is 0.341 e. The number of thiol groups is 1. The average molecular weight is 397 g/mol. The van der Waals surface area contributed by atoms with Crippen LogP contribution in [0.4, 0.5) is 8.78 Å². The summed E-state index contributed by atoms with van der Waals surface area (Å²) >= 11 is 4.94. The second-order valence-corrected chi connectivity index (χ2v) is 7.36. The van der Waals surface area contributed by atoms with E-state index in [1.165, 1.54) is 29.5 Å². The van der Waals surface area contributed by atoms with E-state index >= 15 is 0 Å². The number of thiophene rings is 1. The highest BCUT2D eigenvalue weighted by Gasteiger charge is 2.47. The van der Waals surface area contributed by atoms with Gasteiger partial charge in [0.1, 0.15) is 11.6 Å².